The zero-order valence-electron chi connectivity index (χ0n) is 17.9. The molecule has 2 aromatic carbocycles. The number of non-ortho nitro benzene ring substituents is 1. The molecule has 0 saturated heterocycles. The Bertz CT molecular complexity index is 1410. The molecule has 0 atom stereocenters. The largest absolute Gasteiger partial charge is 0.497 e. The van der Waals surface area contributed by atoms with E-state index in [0.29, 0.717) is 22.3 Å². The van der Waals surface area contributed by atoms with Crippen LogP contribution in [0.5, 0.6) is 5.75 Å². The molecular weight excluding hydrogens is 458 g/mol. The van der Waals surface area contributed by atoms with Crippen molar-refractivity contribution in [2.45, 2.75) is 36.6 Å². The van der Waals surface area contributed by atoms with Crippen LogP contribution in [0.25, 0.3) is 15.9 Å². The van der Waals surface area contributed by atoms with Crippen molar-refractivity contribution in [3.63, 3.8) is 0 Å². The molecule has 1 aliphatic carbocycles. The second-order valence-electron chi connectivity index (χ2n) is 7.84. The van der Waals surface area contributed by atoms with Crippen LogP contribution in [-0.4, -0.2) is 21.6 Å². The van der Waals surface area contributed by atoms with E-state index in [2.05, 4.69) is 0 Å². The van der Waals surface area contributed by atoms with Gasteiger partial charge in [0, 0.05) is 28.8 Å². The molecule has 0 fully saturated rings. The number of fused-ring (bicyclic) bond motifs is 3. The van der Waals surface area contributed by atoms with E-state index in [-0.39, 0.29) is 11.2 Å². The zero-order valence-corrected chi connectivity index (χ0v) is 19.6. The smallest absolute Gasteiger partial charge is 0.269 e. The van der Waals surface area contributed by atoms with E-state index in [1.807, 2.05) is 24.3 Å². The first kappa shape index (κ1) is 21.7. The number of hydrogen-bond donors (Lipinski definition) is 0. The number of nitrogens with zero attached hydrogens (tertiary/aromatic N) is 3. The number of nitro groups is 1. The Labute approximate surface area is 198 Å². The number of ether oxygens (including phenoxy) is 1. The minimum atomic E-state index is -0.411. The summed E-state index contributed by atoms with van der Waals surface area (Å²) in [6, 6.07) is 13.9. The van der Waals surface area contributed by atoms with Gasteiger partial charge in [-0.2, -0.15) is 0 Å². The molecule has 0 spiro atoms. The third-order valence-corrected chi connectivity index (χ3v) is 7.98. The van der Waals surface area contributed by atoms with Crippen molar-refractivity contribution < 1.29 is 9.66 Å². The fourth-order valence-electron chi connectivity index (χ4n) is 4.12. The molecule has 0 aliphatic heterocycles. The van der Waals surface area contributed by atoms with Crippen LogP contribution in [-0.2, 0) is 18.6 Å². The van der Waals surface area contributed by atoms with Gasteiger partial charge in [0.15, 0.2) is 5.16 Å². The number of aromatic nitrogens is 2. The Balaban J connectivity index is 1.61. The van der Waals surface area contributed by atoms with Gasteiger partial charge in [-0.25, -0.2) is 4.98 Å². The van der Waals surface area contributed by atoms with Crippen LogP contribution in [0, 0.1) is 10.1 Å². The highest BCUT2D eigenvalue weighted by molar-refractivity contribution is 7.98. The summed E-state index contributed by atoms with van der Waals surface area (Å²) in [5, 5.41) is 12.3. The van der Waals surface area contributed by atoms with Crippen LogP contribution in [0.1, 0.15) is 28.8 Å². The summed E-state index contributed by atoms with van der Waals surface area (Å²) >= 11 is 3.07. The maximum atomic E-state index is 13.8. The Kier molecular flexibility index (Phi) is 5.90. The van der Waals surface area contributed by atoms with Gasteiger partial charge in [0.25, 0.3) is 11.2 Å². The SMILES string of the molecule is COc1cccc(-n2c(SCc3ccc([N+](=O)[O-])cc3)nc3sc4c(c3c2=O)CCCC4)c1. The molecule has 168 valence electrons. The van der Waals surface area contributed by atoms with Crippen LogP contribution in [0.3, 0.4) is 0 Å². The van der Waals surface area contributed by atoms with E-state index < -0.39 is 4.92 Å². The number of aryl methyl sites for hydroxylation is 2. The second-order valence-corrected chi connectivity index (χ2v) is 9.87. The molecule has 2 aromatic heterocycles. The van der Waals surface area contributed by atoms with E-state index in [9.17, 15) is 14.9 Å². The van der Waals surface area contributed by atoms with Gasteiger partial charge in [-0.15, -0.1) is 11.3 Å². The second kappa shape index (κ2) is 8.99. The van der Waals surface area contributed by atoms with E-state index in [0.717, 1.165) is 47.0 Å². The average Bonchev–Trinajstić information content (AvgIpc) is 3.21. The number of thioether (sulfide) groups is 1. The lowest BCUT2D eigenvalue weighted by Crippen LogP contribution is -2.22. The lowest BCUT2D eigenvalue weighted by molar-refractivity contribution is -0.384. The quantitative estimate of drug-likeness (QED) is 0.156. The molecule has 2 heterocycles. The minimum absolute atomic E-state index is 0.0562. The van der Waals surface area contributed by atoms with Crippen molar-refractivity contribution >= 4 is 39.0 Å². The van der Waals surface area contributed by atoms with Gasteiger partial charge in [-0.1, -0.05) is 30.0 Å². The Morgan fingerprint density at radius 3 is 2.73 bits per heavy atom. The van der Waals surface area contributed by atoms with Gasteiger partial charge in [0.2, 0.25) is 0 Å². The normalized spacial score (nSPS) is 13.1. The van der Waals surface area contributed by atoms with Crippen molar-refractivity contribution in [2.75, 3.05) is 7.11 Å². The monoisotopic (exact) mass is 479 g/mol. The van der Waals surface area contributed by atoms with Gasteiger partial charge < -0.3 is 4.74 Å². The molecule has 1 aliphatic rings. The van der Waals surface area contributed by atoms with E-state index >= 15 is 0 Å². The summed E-state index contributed by atoms with van der Waals surface area (Å²) < 4.78 is 7.05. The lowest BCUT2D eigenvalue weighted by atomic mass is 9.97. The molecule has 5 rings (SSSR count). The van der Waals surface area contributed by atoms with Crippen molar-refractivity contribution in [1.29, 1.82) is 0 Å². The van der Waals surface area contributed by atoms with Crippen LogP contribution < -0.4 is 10.3 Å². The van der Waals surface area contributed by atoms with Crippen LogP contribution in [0.15, 0.2) is 58.5 Å². The maximum Gasteiger partial charge on any atom is 0.269 e. The highest BCUT2D eigenvalue weighted by Gasteiger charge is 2.23. The topological polar surface area (TPSA) is 87.3 Å². The summed E-state index contributed by atoms with van der Waals surface area (Å²) in [4.78, 5) is 31.3. The number of nitro benzene ring substituents is 1. The predicted molar refractivity (Wildman–Crippen MR) is 131 cm³/mol. The van der Waals surface area contributed by atoms with Crippen LogP contribution in [0.2, 0.25) is 0 Å². The van der Waals surface area contributed by atoms with Crippen molar-refractivity contribution in [2.24, 2.45) is 0 Å². The summed E-state index contributed by atoms with van der Waals surface area (Å²) in [6.45, 7) is 0. The molecule has 4 aromatic rings. The summed E-state index contributed by atoms with van der Waals surface area (Å²) in [5.41, 5.74) is 2.78. The maximum absolute atomic E-state index is 13.8. The van der Waals surface area contributed by atoms with Gasteiger partial charge in [0.1, 0.15) is 10.6 Å². The Morgan fingerprint density at radius 2 is 1.97 bits per heavy atom. The molecule has 0 unspecified atom stereocenters. The molecule has 0 radical (unpaired) electrons. The molecule has 9 heteroatoms. The highest BCUT2D eigenvalue weighted by atomic mass is 32.2. The van der Waals surface area contributed by atoms with Crippen molar-refractivity contribution in [3.8, 4) is 11.4 Å². The molecule has 7 nitrogen and oxygen atoms in total. The fourth-order valence-corrected chi connectivity index (χ4v) is 6.39. The number of thiophene rings is 1. The lowest BCUT2D eigenvalue weighted by Gasteiger charge is -2.14. The van der Waals surface area contributed by atoms with Gasteiger partial charge in [-0.05, 0) is 48.9 Å². The molecule has 33 heavy (non-hydrogen) atoms. The van der Waals surface area contributed by atoms with Crippen molar-refractivity contribution in [1.82, 2.24) is 9.55 Å². The first-order chi connectivity index (χ1) is 16.0. The molecule has 0 amide bonds. The molecule has 0 saturated carbocycles. The van der Waals surface area contributed by atoms with E-state index in [1.165, 1.54) is 28.8 Å². The highest BCUT2D eigenvalue weighted by Crippen LogP contribution is 2.36. The first-order valence-corrected chi connectivity index (χ1v) is 12.4. The first-order valence-electron chi connectivity index (χ1n) is 10.6. The standard InChI is InChI=1S/C24H21N3O4S2/c1-31-18-6-4-5-17(13-18)26-23(28)21-19-7-2-3-8-20(19)33-22(21)25-24(26)32-14-15-9-11-16(12-10-15)27(29)30/h4-6,9-13H,2-3,7-8,14H2,1H3. The number of benzene rings is 2. The summed E-state index contributed by atoms with van der Waals surface area (Å²) in [6.07, 6.45) is 4.15. The Morgan fingerprint density at radius 1 is 1.18 bits per heavy atom. The molecule has 0 N–H and O–H groups in total. The van der Waals surface area contributed by atoms with Crippen molar-refractivity contribution in [3.05, 3.63) is 85.0 Å². The summed E-state index contributed by atoms with van der Waals surface area (Å²) in [7, 11) is 1.60. The number of methoxy groups -OCH3 is 1. The van der Waals surface area contributed by atoms with Crippen LogP contribution >= 0.6 is 23.1 Å². The number of rotatable bonds is 6. The fraction of sp³-hybridized carbons (Fsp3) is 0.250. The summed E-state index contributed by atoms with van der Waals surface area (Å²) in [5.74, 6) is 1.20. The average molecular weight is 480 g/mol. The minimum Gasteiger partial charge on any atom is -0.497 e. The van der Waals surface area contributed by atoms with E-state index in [4.69, 9.17) is 9.72 Å². The third kappa shape index (κ3) is 4.14. The molecular formula is C24H21N3O4S2. The molecule has 0 bridgehead atoms. The Hall–Kier alpha value is -3.17. The predicted octanol–water partition coefficient (Wildman–Crippen LogP) is 5.54. The van der Waals surface area contributed by atoms with Gasteiger partial charge in [-0.3, -0.25) is 19.5 Å². The zero-order chi connectivity index (χ0) is 22.9. The third-order valence-electron chi connectivity index (χ3n) is 5.78. The number of hydrogen-bond acceptors (Lipinski definition) is 7. The van der Waals surface area contributed by atoms with Crippen LogP contribution in [0.4, 0.5) is 5.69 Å². The van der Waals surface area contributed by atoms with Gasteiger partial charge >= 0.3 is 0 Å². The van der Waals surface area contributed by atoms with E-state index in [1.54, 1.807) is 35.1 Å². The van der Waals surface area contributed by atoms with Gasteiger partial charge in [0.05, 0.1) is 23.1 Å².